The van der Waals surface area contributed by atoms with Crippen LogP contribution in [0.25, 0.3) is 0 Å². The van der Waals surface area contributed by atoms with E-state index in [2.05, 4.69) is 5.32 Å². The molecule has 1 fully saturated rings. The van der Waals surface area contributed by atoms with Crippen LogP contribution in [0.3, 0.4) is 0 Å². The molecule has 1 aromatic rings. The van der Waals surface area contributed by atoms with Gasteiger partial charge in [0.25, 0.3) is 0 Å². The monoisotopic (exact) mass is 305 g/mol. The van der Waals surface area contributed by atoms with Crippen LogP contribution in [-0.4, -0.2) is 56.0 Å². The highest BCUT2D eigenvalue weighted by Gasteiger charge is 2.28. The highest BCUT2D eigenvalue weighted by molar-refractivity contribution is 5.89. The molecule has 2 rings (SSSR count). The molecule has 6 heteroatoms. The van der Waals surface area contributed by atoms with Crippen LogP contribution >= 0.6 is 0 Å². The molecule has 1 saturated heterocycles. The normalized spacial score (nSPS) is 15.3. The number of piperidine rings is 1. The van der Waals surface area contributed by atoms with Gasteiger partial charge in [-0.3, -0.25) is 4.79 Å². The number of methoxy groups -OCH3 is 1. The smallest absolute Gasteiger partial charge is 0.321 e. The Bertz CT molecular complexity index is 537. The summed E-state index contributed by atoms with van der Waals surface area (Å²) in [5, 5.41) is 2.86. The van der Waals surface area contributed by atoms with Gasteiger partial charge < -0.3 is 19.9 Å². The van der Waals surface area contributed by atoms with Crippen LogP contribution in [0.2, 0.25) is 0 Å². The standard InChI is InChI=1S/C16H23N3O3/c1-18(2)15(20)12-7-9-19(10-8-12)16(21)17-13-5-4-6-14(11-13)22-3/h4-6,11-12H,7-10H2,1-3H3,(H,17,21). The number of rotatable bonds is 3. The first-order valence-corrected chi connectivity index (χ1v) is 7.42. The Morgan fingerprint density at radius 1 is 1.27 bits per heavy atom. The summed E-state index contributed by atoms with van der Waals surface area (Å²) < 4.78 is 5.14. The SMILES string of the molecule is COc1cccc(NC(=O)N2CCC(C(=O)N(C)C)CC2)c1. The zero-order chi connectivity index (χ0) is 16.1. The summed E-state index contributed by atoms with van der Waals surface area (Å²) in [5.74, 6) is 0.872. The molecule has 6 nitrogen and oxygen atoms in total. The van der Waals surface area contributed by atoms with Crippen molar-refractivity contribution in [2.75, 3.05) is 39.6 Å². The summed E-state index contributed by atoms with van der Waals surface area (Å²) in [5.41, 5.74) is 0.704. The first kappa shape index (κ1) is 16.1. The summed E-state index contributed by atoms with van der Waals surface area (Å²) in [6.45, 7) is 1.19. The summed E-state index contributed by atoms with van der Waals surface area (Å²) in [6.07, 6.45) is 1.42. The van der Waals surface area contributed by atoms with E-state index in [0.717, 1.165) is 0 Å². The highest BCUT2D eigenvalue weighted by Crippen LogP contribution is 2.21. The number of carbonyl (C=O) groups is 2. The zero-order valence-corrected chi connectivity index (χ0v) is 13.3. The number of nitrogens with zero attached hydrogens (tertiary/aromatic N) is 2. The van der Waals surface area contributed by atoms with E-state index in [0.29, 0.717) is 37.4 Å². The molecule has 0 atom stereocenters. The zero-order valence-electron chi connectivity index (χ0n) is 13.3. The molecule has 0 unspecified atom stereocenters. The van der Waals surface area contributed by atoms with Crippen molar-refractivity contribution in [3.8, 4) is 5.75 Å². The van der Waals surface area contributed by atoms with Crippen LogP contribution in [-0.2, 0) is 4.79 Å². The van der Waals surface area contributed by atoms with Crippen LogP contribution in [0.4, 0.5) is 10.5 Å². The first-order valence-electron chi connectivity index (χ1n) is 7.42. The number of benzene rings is 1. The quantitative estimate of drug-likeness (QED) is 0.929. The van der Waals surface area contributed by atoms with Gasteiger partial charge in [0, 0.05) is 44.9 Å². The molecule has 0 bridgehead atoms. The van der Waals surface area contributed by atoms with Crippen molar-refractivity contribution >= 4 is 17.6 Å². The lowest BCUT2D eigenvalue weighted by atomic mass is 9.96. The Hall–Kier alpha value is -2.24. The lowest BCUT2D eigenvalue weighted by Crippen LogP contribution is -2.44. The summed E-state index contributed by atoms with van der Waals surface area (Å²) >= 11 is 0. The molecule has 1 heterocycles. The number of carbonyl (C=O) groups excluding carboxylic acids is 2. The third kappa shape index (κ3) is 3.90. The van der Waals surface area contributed by atoms with Gasteiger partial charge in [0.2, 0.25) is 5.91 Å². The number of urea groups is 1. The predicted molar refractivity (Wildman–Crippen MR) is 85.0 cm³/mol. The number of likely N-dealkylation sites (tertiary alicyclic amines) is 1. The maximum absolute atomic E-state index is 12.3. The lowest BCUT2D eigenvalue weighted by molar-refractivity contribution is -0.134. The molecule has 1 aromatic carbocycles. The number of hydrogen-bond acceptors (Lipinski definition) is 3. The second kappa shape index (κ2) is 7.15. The van der Waals surface area contributed by atoms with Crippen LogP contribution in [0, 0.1) is 5.92 Å². The van der Waals surface area contributed by atoms with Gasteiger partial charge in [-0.25, -0.2) is 4.79 Å². The predicted octanol–water partition coefficient (Wildman–Crippen LogP) is 2.03. The minimum absolute atomic E-state index is 0.0240. The van der Waals surface area contributed by atoms with Crippen LogP contribution in [0.1, 0.15) is 12.8 Å². The van der Waals surface area contributed by atoms with Gasteiger partial charge >= 0.3 is 6.03 Å². The van der Waals surface area contributed by atoms with E-state index in [1.165, 1.54) is 0 Å². The van der Waals surface area contributed by atoms with Gasteiger partial charge in [-0.1, -0.05) is 6.07 Å². The topological polar surface area (TPSA) is 61.9 Å². The van der Waals surface area contributed by atoms with Crippen molar-refractivity contribution < 1.29 is 14.3 Å². The third-order valence-electron chi connectivity index (χ3n) is 3.89. The van der Waals surface area contributed by atoms with Gasteiger partial charge in [-0.2, -0.15) is 0 Å². The number of ether oxygens (including phenoxy) is 1. The number of amides is 3. The number of nitrogens with one attached hydrogen (secondary N) is 1. The Morgan fingerprint density at radius 3 is 2.55 bits per heavy atom. The average molecular weight is 305 g/mol. The molecule has 0 spiro atoms. The van der Waals surface area contributed by atoms with Gasteiger partial charge in [-0.05, 0) is 25.0 Å². The molecule has 0 radical (unpaired) electrons. The fourth-order valence-electron chi connectivity index (χ4n) is 2.60. The Kier molecular flexibility index (Phi) is 5.25. The summed E-state index contributed by atoms with van der Waals surface area (Å²) in [7, 11) is 5.13. The van der Waals surface area contributed by atoms with E-state index >= 15 is 0 Å². The highest BCUT2D eigenvalue weighted by atomic mass is 16.5. The van der Waals surface area contributed by atoms with Gasteiger partial charge in [-0.15, -0.1) is 0 Å². The second-order valence-corrected chi connectivity index (χ2v) is 5.66. The van der Waals surface area contributed by atoms with Gasteiger partial charge in [0.05, 0.1) is 7.11 Å². The lowest BCUT2D eigenvalue weighted by Gasteiger charge is -2.32. The number of hydrogen-bond donors (Lipinski definition) is 1. The van der Waals surface area contributed by atoms with Crippen molar-refractivity contribution in [3.05, 3.63) is 24.3 Å². The fourth-order valence-corrected chi connectivity index (χ4v) is 2.60. The van der Waals surface area contributed by atoms with Crippen molar-refractivity contribution in [1.82, 2.24) is 9.80 Å². The minimum atomic E-state index is -0.135. The molecular formula is C16H23N3O3. The average Bonchev–Trinajstić information content (AvgIpc) is 2.54. The fraction of sp³-hybridized carbons (Fsp3) is 0.500. The van der Waals surface area contributed by atoms with Gasteiger partial charge in [0.15, 0.2) is 0 Å². The van der Waals surface area contributed by atoms with E-state index < -0.39 is 0 Å². The van der Waals surface area contributed by atoms with E-state index in [9.17, 15) is 9.59 Å². The third-order valence-corrected chi connectivity index (χ3v) is 3.89. The molecule has 1 N–H and O–H groups in total. The van der Waals surface area contributed by atoms with E-state index in [1.54, 1.807) is 37.1 Å². The van der Waals surface area contributed by atoms with Crippen LogP contribution in [0.15, 0.2) is 24.3 Å². The Balaban J connectivity index is 1.88. The second-order valence-electron chi connectivity index (χ2n) is 5.66. The van der Waals surface area contributed by atoms with Crippen molar-refractivity contribution in [1.29, 1.82) is 0 Å². The molecule has 1 aliphatic rings. The largest absolute Gasteiger partial charge is 0.497 e. The van der Waals surface area contributed by atoms with Crippen LogP contribution in [0.5, 0.6) is 5.75 Å². The number of anilines is 1. The Labute approximate surface area is 131 Å². The Morgan fingerprint density at radius 2 is 1.95 bits per heavy atom. The molecular weight excluding hydrogens is 282 g/mol. The molecule has 120 valence electrons. The molecule has 0 aromatic heterocycles. The van der Waals surface area contributed by atoms with Crippen molar-refractivity contribution in [2.24, 2.45) is 5.92 Å². The van der Waals surface area contributed by atoms with Crippen molar-refractivity contribution in [2.45, 2.75) is 12.8 Å². The molecule has 3 amide bonds. The van der Waals surface area contributed by atoms with Gasteiger partial charge in [0.1, 0.15) is 5.75 Å². The maximum Gasteiger partial charge on any atom is 0.321 e. The molecule has 22 heavy (non-hydrogen) atoms. The first-order chi connectivity index (χ1) is 10.5. The molecule has 0 saturated carbocycles. The summed E-state index contributed by atoms with van der Waals surface area (Å²) in [4.78, 5) is 27.6. The van der Waals surface area contributed by atoms with Crippen molar-refractivity contribution in [3.63, 3.8) is 0 Å². The summed E-state index contributed by atoms with van der Waals surface area (Å²) in [6, 6.07) is 7.12. The van der Waals surface area contributed by atoms with E-state index in [-0.39, 0.29) is 17.9 Å². The van der Waals surface area contributed by atoms with E-state index in [4.69, 9.17) is 4.74 Å². The van der Waals surface area contributed by atoms with E-state index in [1.807, 2.05) is 18.2 Å². The van der Waals surface area contributed by atoms with Crippen LogP contribution < -0.4 is 10.1 Å². The minimum Gasteiger partial charge on any atom is -0.497 e. The maximum atomic E-state index is 12.3. The molecule has 1 aliphatic heterocycles. The molecule has 0 aliphatic carbocycles.